The molecule has 0 spiro atoms. The first kappa shape index (κ1) is 13.2. The molecule has 0 saturated heterocycles. The molecule has 0 aliphatic heterocycles. The van der Waals surface area contributed by atoms with Gasteiger partial charge in [0.05, 0.1) is 25.0 Å². The number of aromatic nitrogens is 1. The van der Waals surface area contributed by atoms with Gasteiger partial charge in [0.1, 0.15) is 11.5 Å². The van der Waals surface area contributed by atoms with Gasteiger partial charge in [-0.15, -0.1) is 0 Å². The van der Waals surface area contributed by atoms with Crippen LogP contribution in [-0.4, -0.2) is 17.2 Å². The Morgan fingerprint density at radius 1 is 1.26 bits per heavy atom. The second-order valence-electron chi connectivity index (χ2n) is 4.48. The Balaban J connectivity index is 2.15. The Hall–Kier alpha value is -2.23. The molecule has 0 amide bonds. The van der Waals surface area contributed by atoms with Crippen molar-refractivity contribution < 1.29 is 9.84 Å². The summed E-state index contributed by atoms with van der Waals surface area (Å²) in [5, 5.41) is 13.3. The molecule has 1 heterocycles. The van der Waals surface area contributed by atoms with Gasteiger partial charge in [0.25, 0.3) is 0 Å². The zero-order valence-electron chi connectivity index (χ0n) is 11.3. The second kappa shape index (κ2) is 5.61. The number of nitrogens with one attached hydrogen (secondary N) is 1. The van der Waals surface area contributed by atoms with Crippen LogP contribution < -0.4 is 10.1 Å². The van der Waals surface area contributed by atoms with E-state index in [0.717, 1.165) is 16.9 Å². The molecule has 0 fully saturated rings. The summed E-state index contributed by atoms with van der Waals surface area (Å²) in [6, 6.07) is 9.20. The first-order valence-electron chi connectivity index (χ1n) is 6.16. The van der Waals surface area contributed by atoms with Gasteiger partial charge in [-0.2, -0.15) is 0 Å². The minimum absolute atomic E-state index is 0.0181. The molecule has 0 aliphatic carbocycles. The van der Waals surface area contributed by atoms with Crippen LogP contribution in [0, 0.1) is 6.92 Å². The summed E-state index contributed by atoms with van der Waals surface area (Å²) in [5.41, 5.74) is 2.72. The molecule has 2 aromatic rings. The van der Waals surface area contributed by atoms with Crippen LogP contribution in [0.2, 0.25) is 0 Å². The number of anilines is 1. The Morgan fingerprint density at radius 3 is 2.63 bits per heavy atom. The van der Waals surface area contributed by atoms with Gasteiger partial charge in [-0.05, 0) is 38.1 Å². The minimum Gasteiger partial charge on any atom is -0.507 e. The lowest BCUT2D eigenvalue weighted by molar-refractivity contribution is 0.406. The number of methoxy groups -OCH3 is 1. The zero-order chi connectivity index (χ0) is 13.8. The molecule has 4 nitrogen and oxygen atoms in total. The number of aryl methyl sites for hydroxylation is 1. The lowest BCUT2D eigenvalue weighted by atomic mass is 10.1. The van der Waals surface area contributed by atoms with E-state index in [1.807, 2.05) is 38.1 Å². The summed E-state index contributed by atoms with van der Waals surface area (Å²) < 4.78 is 5.07. The summed E-state index contributed by atoms with van der Waals surface area (Å²) >= 11 is 0. The fraction of sp³-hybridized carbons (Fsp3) is 0.267. The summed E-state index contributed by atoms with van der Waals surface area (Å²) in [7, 11) is 1.58. The number of phenols is 1. The summed E-state index contributed by atoms with van der Waals surface area (Å²) in [5.74, 6) is 0.866. The van der Waals surface area contributed by atoms with Crippen molar-refractivity contribution in [3.8, 4) is 11.5 Å². The number of hydrogen-bond acceptors (Lipinski definition) is 4. The lowest BCUT2D eigenvalue weighted by Crippen LogP contribution is -2.07. The Kier molecular flexibility index (Phi) is 3.90. The maximum absolute atomic E-state index is 9.98. The summed E-state index contributed by atoms with van der Waals surface area (Å²) in [4.78, 5) is 4.23. The van der Waals surface area contributed by atoms with E-state index < -0.39 is 0 Å². The molecule has 1 atom stereocenters. The molecule has 0 saturated carbocycles. The maximum atomic E-state index is 9.98. The van der Waals surface area contributed by atoms with E-state index >= 15 is 0 Å². The summed E-state index contributed by atoms with van der Waals surface area (Å²) in [6.07, 6.45) is 1.78. The smallest absolute Gasteiger partial charge is 0.124 e. The van der Waals surface area contributed by atoms with Gasteiger partial charge < -0.3 is 15.2 Å². The zero-order valence-corrected chi connectivity index (χ0v) is 11.3. The van der Waals surface area contributed by atoms with Gasteiger partial charge in [-0.25, -0.2) is 0 Å². The molecule has 2 N–H and O–H groups in total. The van der Waals surface area contributed by atoms with Crippen molar-refractivity contribution in [2.24, 2.45) is 0 Å². The van der Waals surface area contributed by atoms with Crippen LogP contribution in [0.1, 0.15) is 24.2 Å². The van der Waals surface area contributed by atoms with Crippen molar-refractivity contribution in [1.29, 1.82) is 0 Å². The van der Waals surface area contributed by atoms with Gasteiger partial charge in [0.15, 0.2) is 0 Å². The third-order valence-corrected chi connectivity index (χ3v) is 3.00. The average molecular weight is 258 g/mol. The van der Waals surface area contributed by atoms with Crippen LogP contribution in [0.5, 0.6) is 11.5 Å². The van der Waals surface area contributed by atoms with E-state index in [4.69, 9.17) is 4.74 Å². The van der Waals surface area contributed by atoms with Crippen LogP contribution in [0.25, 0.3) is 0 Å². The first-order valence-corrected chi connectivity index (χ1v) is 6.16. The number of pyridine rings is 1. The third kappa shape index (κ3) is 3.16. The molecular weight excluding hydrogens is 240 g/mol. The standard InChI is InChI=1S/C15H18N2O2/c1-10-4-5-12(9-16-10)17-11(2)14-7-6-13(19-3)8-15(14)18/h4-9,11,17-18H,1-3H3. The molecule has 100 valence electrons. The van der Waals surface area contributed by atoms with Crippen molar-refractivity contribution in [2.75, 3.05) is 12.4 Å². The van der Waals surface area contributed by atoms with Crippen molar-refractivity contribution in [2.45, 2.75) is 19.9 Å². The van der Waals surface area contributed by atoms with Crippen molar-refractivity contribution in [1.82, 2.24) is 4.98 Å². The summed E-state index contributed by atoms with van der Waals surface area (Å²) in [6.45, 7) is 3.93. The fourth-order valence-electron chi connectivity index (χ4n) is 1.90. The van der Waals surface area contributed by atoms with E-state index in [1.165, 1.54) is 0 Å². The number of nitrogens with zero attached hydrogens (tertiary/aromatic N) is 1. The fourth-order valence-corrected chi connectivity index (χ4v) is 1.90. The Bertz CT molecular complexity index is 553. The van der Waals surface area contributed by atoms with Crippen molar-refractivity contribution in [3.63, 3.8) is 0 Å². The first-order chi connectivity index (χ1) is 9.10. The Morgan fingerprint density at radius 2 is 2.05 bits per heavy atom. The number of aromatic hydroxyl groups is 1. The Labute approximate surface area is 113 Å². The molecule has 1 aromatic heterocycles. The average Bonchev–Trinajstić information content (AvgIpc) is 2.41. The molecule has 1 aromatic carbocycles. The number of rotatable bonds is 4. The van der Waals surface area contributed by atoms with Gasteiger partial charge in [-0.3, -0.25) is 4.98 Å². The quantitative estimate of drug-likeness (QED) is 0.883. The maximum Gasteiger partial charge on any atom is 0.124 e. The van der Waals surface area contributed by atoms with E-state index in [2.05, 4.69) is 10.3 Å². The highest BCUT2D eigenvalue weighted by atomic mass is 16.5. The predicted molar refractivity (Wildman–Crippen MR) is 75.7 cm³/mol. The van der Waals surface area contributed by atoms with E-state index in [-0.39, 0.29) is 11.8 Å². The van der Waals surface area contributed by atoms with Gasteiger partial charge in [0, 0.05) is 17.3 Å². The van der Waals surface area contributed by atoms with Crippen LogP contribution >= 0.6 is 0 Å². The van der Waals surface area contributed by atoms with Crippen LogP contribution in [-0.2, 0) is 0 Å². The van der Waals surface area contributed by atoms with Crippen molar-refractivity contribution in [3.05, 3.63) is 47.8 Å². The van der Waals surface area contributed by atoms with Gasteiger partial charge in [0.2, 0.25) is 0 Å². The number of benzene rings is 1. The molecule has 0 bridgehead atoms. The largest absolute Gasteiger partial charge is 0.507 e. The molecule has 0 radical (unpaired) electrons. The number of phenolic OH excluding ortho intramolecular Hbond substituents is 1. The predicted octanol–water partition coefficient (Wildman–Crippen LogP) is 3.28. The molecule has 19 heavy (non-hydrogen) atoms. The monoisotopic (exact) mass is 258 g/mol. The van der Waals surface area contributed by atoms with Gasteiger partial charge >= 0.3 is 0 Å². The molecule has 1 unspecified atom stereocenters. The van der Waals surface area contributed by atoms with Crippen LogP contribution in [0.4, 0.5) is 5.69 Å². The molecule has 4 heteroatoms. The number of hydrogen-bond donors (Lipinski definition) is 2. The SMILES string of the molecule is COc1ccc(C(C)Nc2ccc(C)nc2)c(O)c1. The van der Waals surface area contributed by atoms with E-state index in [0.29, 0.717) is 5.75 Å². The normalized spacial score (nSPS) is 11.9. The molecule has 0 aliphatic rings. The van der Waals surface area contributed by atoms with Crippen LogP contribution in [0.15, 0.2) is 36.5 Å². The van der Waals surface area contributed by atoms with Gasteiger partial charge in [-0.1, -0.05) is 0 Å². The highest BCUT2D eigenvalue weighted by molar-refractivity contribution is 5.48. The number of ether oxygens (including phenoxy) is 1. The molecule has 2 rings (SSSR count). The van der Waals surface area contributed by atoms with E-state index in [9.17, 15) is 5.11 Å². The highest BCUT2D eigenvalue weighted by Gasteiger charge is 2.11. The second-order valence-corrected chi connectivity index (χ2v) is 4.48. The molecular formula is C15H18N2O2. The van der Waals surface area contributed by atoms with Crippen LogP contribution in [0.3, 0.4) is 0 Å². The minimum atomic E-state index is -0.0181. The lowest BCUT2D eigenvalue weighted by Gasteiger charge is -2.17. The van der Waals surface area contributed by atoms with E-state index in [1.54, 1.807) is 19.4 Å². The third-order valence-electron chi connectivity index (χ3n) is 3.00. The highest BCUT2D eigenvalue weighted by Crippen LogP contribution is 2.30. The topological polar surface area (TPSA) is 54.4 Å². The van der Waals surface area contributed by atoms with Crippen molar-refractivity contribution >= 4 is 5.69 Å².